The van der Waals surface area contributed by atoms with Crippen molar-refractivity contribution in [2.75, 3.05) is 13.7 Å². The zero-order chi connectivity index (χ0) is 15.8. The fraction of sp³-hybridized carbons (Fsp3) is 0.556. The van der Waals surface area contributed by atoms with Crippen LogP contribution in [0.15, 0.2) is 30.3 Å². The highest BCUT2D eigenvalue weighted by molar-refractivity contribution is 5.85. The third-order valence-electron chi connectivity index (χ3n) is 4.25. The van der Waals surface area contributed by atoms with Gasteiger partial charge in [-0.05, 0) is 37.7 Å². The molecule has 1 amide bonds. The summed E-state index contributed by atoms with van der Waals surface area (Å²) in [4.78, 5) is 25.6. The summed E-state index contributed by atoms with van der Waals surface area (Å²) < 4.78 is 4.77. The molecule has 1 unspecified atom stereocenters. The molecule has 0 saturated carbocycles. The smallest absolute Gasteiger partial charge is 0.328 e. The van der Waals surface area contributed by atoms with E-state index in [1.54, 1.807) is 4.90 Å². The maximum Gasteiger partial charge on any atom is 0.328 e. The predicted octanol–water partition coefficient (Wildman–Crippen LogP) is 2.95. The van der Waals surface area contributed by atoms with Crippen LogP contribution in [0, 0.1) is 0 Å². The highest BCUT2D eigenvalue weighted by Gasteiger charge is 2.34. The number of hydrogen-bond acceptors (Lipinski definition) is 3. The maximum absolute atomic E-state index is 12.2. The molecule has 1 saturated heterocycles. The van der Waals surface area contributed by atoms with Gasteiger partial charge < -0.3 is 9.64 Å². The van der Waals surface area contributed by atoms with Crippen LogP contribution in [0.3, 0.4) is 0 Å². The number of hydrogen-bond donors (Lipinski definition) is 0. The van der Waals surface area contributed by atoms with E-state index in [0.717, 1.165) is 38.5 Å². The van der Waals surface area contributed by atoms with Crippen molar-refractivity contribution < 1.29 is 14.3 Å². The van der Waals surface area contributed by atoms with E-state index in [2.05, 4.69) is 24.3 Å². The standard InChI is InChI=1S/C18H25NO3/c1-22-18(21)16-12-8-14-19(16)17(20)13-7-3-6-11-15-9-4-2-5-10-15/h2,4-5,9-10,16H,3,6-8,11-14H2,1H3. The summed E-state index contributed by atoms with van der Waals surface area (Å²) in [5.74, 6) is -0.192. The Morgan fingerprint density at radius 2 is 1.95 bits per heavy atom. The van der Waals surface area contributed by atoms with Gasteiger partial charge >= 0.3 is 5.97 Å². The molecule has 1 atom stereocenters. The van der Waals surface area contributed by atoms with Crippen molar-refractivity contribution in [2.24, 2.45) is 0 Å². The van der Waals surface area contributed by atoms with Crippen molar-refractivity contribution in [1.82, 2.24) is 4.90 Å². The second-order valence-corrected chi connectivity index (χ2v) is 5.81. The molecular weight excluding hydrogens is 278 g/mol. The highest BCUT2D eigenvalue weighted by Crippen LogP contribution is 2.20. The van der Waals surface area contributed by atoms with E-state index in [1.165, 1.54) is 12.7 Å². The van der Waals surface area contributed by atoms with Crippen LogP contribution in [0.25, 0.3) is 0 Å². The number of carbonyl (C=O) groups excluding carboxylic acids is 2. The van der Waals surface area contributed by atoms with Gasteiger partial charge in [0.15, 0.2) is 0 Å². The summed E-state index contributed by atoms with van der Waals surface area (Å²) in [6.07, 6.45) is 6.23. The van der Waals surface area contributed by atoms with E-state index >= 15 is 0 Å². The van der Waals surface area contributed by atoms with Crippen LogP contribution in [0.2, 0.25) is 0 Å². The molecule has 4 heteroatoms. The Morgan fingerprint density at radius 3 is 2.68 bits per heavy atom. The van der Waals surface area contributed by atoms with Gasteiger partial charge in [0.2, 0.25) is 5.91 Å². The van der Waals surface area contributed by atoms with Crippen molar-refractivity contribution in [3.05, 3.63) is 35.9 Å². The topological polar surface area (TPSA) is 46.6 Å². The molecule has 0 aromatic heterocycles. The van der Waals surface area contributed by atoms with Gasteiger partial charge in [-0.2, -0.15) is 0 Å². The molecule has 0 spiro atoms. The van der Waals surface area contributed by atoms with Gasteiger partial charge in [0, 0.05) is 13.0 Å². The van der Waals surface area contributed by atoms with Crippen LogP contribution in [-0.4, -0.2) is 36.5 Å². The molecular formula is C18H25NO3. The number of esters is 1. The second-order valence-electron chi connectivity index (χ2n) is 5.81. The van der Waals surface area contributed by atoms with Gasteiger partial charge in [-0.1, -0.05) is 36.8 Å². The highest BCUT2D eigenvalue weighted by atomic mass is 16.5. The normalized spacial score (nSPS) is 17.5. The molecule has 1 aliphatic rings. The second kappa shape index (κ2) is 8.57. The van der Waals surface area contributed by atoms with E-state index in [-0.39, 0.29) is 17.9 Å². The van der Waals surface area contributed by atoms with Gasteiger partial charge in [0.1, 0.15) is 6.04 Å². The first-order valence-corrected chi connectivity index (χ1v) is 8.13. The summed E-state index contributed by atoms with van der Waals surface area (Å²) >= 11 is 0. The molecule has 0 radical (unpaired) electrons. The SMILES string of the molecule is COC(=O)C1CCCN1C(=O)CCCCCc1ccccc1. The first-order chi connectivity index (χ1) is 10.7. The lowest BCUT2D eigenvalue weighted by atomic mass is 10.1. The number of amides is 1. The molecule has 4 nitrogen and oxygen atoms in total. The van der Waals surface area contributed by atoms with Gasteiger partial charge in [0.25, 0.3) is 0 Å². The van der Waals surface area contributed by atoms with Crippen LogP contribution in [0.5, 0.6) is 0 Å². The Kier molecular flexibility index (Phi) is 6.44. The average molecular weight is 303 g/mol. The Morgan fingerprint density at radius 1 is 1.18 bits per heavy atom. The number of benzene rings is 1. The van der Waals surface area contributed by atoms with Crippen LogP contribution in [-0.2, 0) is 20.7 Å². The number of rotatable bonds is 7. The number of likely N-dealkylation sites (tertiary alicyclic amines) is 1. The lowest BCUT2D eigenvalue weighted by Gasteiger charge is -2.22. The first-order valence-electron chi connectivity index (χ1n) is 8.13. The van der Waals surface area contributed by atoms with Crippen molar-refractivity contribution >= 4 is 11.9 Å². The monoisotopic (exact) mass is 303 g/mol. The van der Waals surface area contributed by atoms with Crippen molar-refractivity contribution in [1.29, 1.82) is 0 Å². The van der Waals surface area contributed by atoms with E-state index in [4.69, 9.17) is 4.74 Å². The maximum atomic E-state index is 12.2. The van der Waals surface area contributed by atoms with Crippen LogP contribution in [0.1, 0.15) is 44.1 Å². The quantitative estimate of drug-likeness (QED) is 0.575. The molecule has 0 aliphatic carbocycles. The van der Waals surface area contributed by atoms with Gasteiger partial charge in [0.05, 0.1) is 7.11 Å². The third-order valence-corrected chi connectivity index (χ3v) is 4.25. The number of carbonyl (C=O) groups is 2. The zero-order valence-electron chi connectivity index (χ0n) is 13.3. The summed E-state index contributed by atoms with van der Waals surface area (Å²) in [6, 6.07) is 10.0. The van der Waals surface area contributed by atoms with Crippen LogP contribution < -0.4 is 0 Å². The fourth-order valence-corrected chi connectivity index (χ4v) is 3.02. The summed E-state index contributed by atoms with van der Waals surface area (Å²) in [5.41, 5.74) is 1.35. The molecule has 1 aliphatic heterocycles. The molecule has 2 rings (SSSR count). The molecule has 1 fully saturated rings. The molecule has 120 valence electrons. The molecule has 1 aromatic carbocycles. The van der Waals surface area contributed by atoms with Crippen LogP contribution >= 0.6 is 0 Å². The van der Waals surface area contributed by atoms with Gasteiger partial charge in [-0.25, -0.2) is 4.79 Å². The van der Waals surface area contributed by atoms with E-state index in [1.807, 2.05) is 6.07 Å². The molecule has 1 heterocycles. The minimum atomic E-state index is -0.359. The fourth-order valence-electron chi connectivity index (χ4n) is 3.02. The number of nitrogens with zero attached hydrogens (tertiary/aromatic N) is 1. The minimum absolute atomic E-state index is 0.0904. The average Bonchev–Trinajstić information content (AvgIpc) is 3.04. The largest absolute Gasteiger partial charge is 0.467 e. The Hall–Kier alpha value is -1.84. The third kappa shape index (κ3) is 4.58. The lowest BCUT2D eigenvalue weighted by molar-refractivity contribution is -0.151. The van der Waals surface area contributed by atoms with Crippen molar-refractivity contribution in [3.63, 3.8) is 0 Å². The summed E-state index contributed by atoms with van der Waals surface area (Å²) in [7, 11) is 1.38. The first kappa shape index (κ1) is 16.5. The number of ether oxygens (including phenoxy) is 1. The Balaban J connectivity index is 1.66. The van der Waals surface area contributed by atoms with Gasteiger partial charge in [-0.3, -0.25) is 4.79 Å². The molecule has 22 heavy (non-hydrogen) atoms. The summed E-state index contributed by atoms with van der Waals surface area (Å²) in [6.45, 7) is 0.683. The van der Waals surface area contributed by atoms with E-state index in [0.29, 0.717) is 13.0 Å². The molecule has 0 N–H and O–H groups in total. The number of methoxy groups -OCH3 is 1. The van der Waals surface area contributed by atoms with E-state index < -0.39 is 0 Å². The molecule has 1 aromatic rings. The number of aryl methyl sites for hydroxylation is 1. The van der Waals surface area contributed by atoms with Crippen LogP contribution in [0.4, 0.5) is 0 Å². The number of unbranched alkanes of at least 4 members (excludes halogenated alkanes) is 2. The van der Waals surface area contributed by atoms with Gasteiger partial charge in [-0.15, -0.1) is 0 Å². The molecule has 0 bridgehead atoms. The minimum Gasteiger partial charge on any atom is -0.467 e. The summed E-state index contributed by atoms with van der Waals surface area (Å²) in [5, 5.41) is 0. The Bertz CT molecular complexity index is 486. The zero-order valence-corrected chi connectivity index (χ0v) is 13.3. The lowest BCUT2D eigenvalue weighted by Crippen LogP contribution is -2.40. The predicted molar refractivity (Wildman–Crippen MR) is 85.4 cm³/mol. The van der Waals surface area contributed by atoms with E-state index in [9.17, 15) is 9.59 Å². The van der Waals surface area contributed by atoms with Crippen molar-refractivity contribution in [3.8, 4) is 0 Å². The van der Waals surface area contributed by atoms with Crippen molar-refractivity contribution in [2.45, 2.75) is 51.0 Å². The Labute approximate surface area is 132 Å².